The van der Waals surface area contributed by atoms with Crippen LogP contribution in [0.1, 0.15) is 49.6 Å². The van der Waals surface area contributed by atoms with Crippen molar-refractivity contribution in [1.82, 2.24) is 9.88 Å². The lowest BCUT2D eigenvalue weighted by atomic mass is 9.93. The molecule has 2 aromatic carbocycles. The van der Waals surface area contributed by atoms with Gasteiger partial charge in [-0.2, -0.15) is 0 Å². The van der Waals surface area contributed by atoms with E-state index in [1.165, 1.54) is 12.0 Å². The standard InChI is InChI=1S/C21H24N2O/c1-2-19(16-9-4-3-5-10-16)23-14-8-11-17(15-23)21-22-18-12-6-7-13-20(18)24-21/h3-7,9-10,12-13,17,19H,2,8,11,14-15H2,1H3. The summed E-state index contributed by atoms with van der Waals surface area (Å²) < 4.78 is 6.04. The van der Waals surface area contributed by atoms with Crippen LogP contribution in [0.15, 0.2) is 59.0 Å². The molecule has 3 aromatic rings. The van der Waals surface area contributed by atoms with E-state index in [4.69, 9.17) is 9.40 Å². The van der Waals surface area contributed by atoms with E-state index in [2.05, 4.69) is 42.2 Å². The molecule has 0 N–H and O–H groups in total. The number of piperidine rings is 1. The summed E-state index contributed by atoms with van der Waals surface area (Å²) in [5, 5.41) is 0. The van der Waals surface area contributed by atoms with Crippen LogP contribution in [0.4, 0.5) is 0 Å². The third kappa shape index (κ3) is 2.96. The molecule has 3 heteroatoms. The van der Waals surface area contributed by atoms with Gasteiger partial charge in [0.15, 0.2) is 11.5 Å². The van der Waals surface area contributed by atoms with Gasteiger partial charge in [-0.3, -0.25) is 4.90 Å². The molecule has 1 fully saturated rings. The molecule has 0 amide bonds. The number of hydrogen-bond donors (Lipinski definition) is 0. The van der Waals surface area contributed by atoms with E-state index in [-0.39, 0.29) is 0 Å². The Bertz CT molecular complexity index is 763. The lowest BCUT2D eigenvalue weighted by molar-refractivity contribution is 0.136. The molecule has 2 heterocycles. The van der Waals surface area contributed by atoms with Crippen molar-refractivity contribution < 1.29 is 4.42 Å². The molecule has 24 heavy (non-hydrogen) atoms. The summed E-state index contributed by atoms with van der Waals surface area (Å²) in [5.74, 6) is 1.30. The van der Waals surface area contributed by atoms with Crippen LogP contribution < -0.4 is 0 Å². The van der Waals surface area contributed by atoms with Crippen molar-refractivity contribution in [3.8, 4) is 0 Å². The summed E-state index contributed by atoms with van der Waals surface area (Å²) in [6.07, 6.45) is 3.49. The fourth-order valence-electron chi connectivity index (χ4n) is 3.94. The van der Waals surface area contributed by atoms with Crippen LogP contribution in [0, 0.1) is 0 Å². The molecule has 0 spiro atoms. The predicted octanol–water partition coefficient (Wildman–Crippen LogP) is 5.16. The summed E-state index contributed by atoms with van der Waals surface area (Å²) in [6, 6.07) is 19.4. The smallest absolute Gasteiger partial charge is 0.199 e. The second kappa shape index (κ2) is 6.78. The van der Waals surface area contributed by atoms with Gasteiger partial charge in [-0.05, 0) is 43.5 Å². The average Bonchev–Trinajstić information content (AvgIpc) is 3.08. The van der Waals surface area contributed by atoms with Crippen molar-refractivity contribution in [1.29, 1.82) is 0 Å². The van der Waals surface area contributed by atoms with Crippen molar-refractivity contribution in [2.24, 2.45) is 0 Å². The highest BCUT2D eigenvalue weighted by Crippen LogP contribution is 2.34. The average molecular weight is 320 g/mol. The van der Waals surface area contributed by atoms with Crippen molar-refractivity contribution in [3.63, 3.8) is 0 Å². The Morgan fingerprint density at radius 3 is 2.71 bits per heavy atom. The molecular formula is C21H24N2O. The first-order valence-corrected chi connectivity index (χ1v) is 8.99. The maximum atomic E-state index is 6.04. The SMILES string of the molecule is CCC(c1ccccc1)N1CCCC(c2nc3ccccc3o2)C1. The van der Waals surface area contributed by atoms with Gasteiger partial charge < -0.3 is 4.42 Å². The molecule has 1 aliphatic heterocycles. The van der Waals surface area contributed by atoms with Crippen LogP contribution in [0.3, 0.4) is 0 Å². The number of likely N-dealkylation sites (tertiary alicyclic amines) is 1. The van der Waals surface area contributed by atoms with Crippen LogP contribution >= 0.6 is 0 Å². The second-order valence-electron chi connectivity index (χ2n) is 6.69. The maximum Gasteiger partial charge on any atom is 0.199 e. The van der Waals surface area contributed by atoms with Gasteiger partial charge in [-0.1, -0.05) is 49.4 Å². The highest BCUT2D eigenvalue weighted by atomic mass is 16.3. The van der Waals surface area contributed by atoms with E-state index in [1.54, 1.807) is 0 Å². The summed E-state index contributed by atoms with van der Waals surface area (Å²) in [6.45, 7) is 4.46. The van der Waals surface area contributed by atoms with Gasteiger partial charge >= 0.3 is 0 Å². The number of nitrogens with zero attached hydrogens (tertiary/aromatic N) is 2. The van der Waals surface area contributed by atoms with Crippen LogP contribution in [0.5, 0.6) is 0 Å². The summed E-state index contributed by atoms with van der Waals surface area (Å²) >= 11 is 0. The Labute approximate surface area is 143 Å². The molecule has 2 atom stereocenters. The number of benzene rings is 2. The second-order valence-corrected chi connectivity index (χ2v) is 6.69. The lowest BCUT2D eigenvalue weighted by Crippen LogP contribution is -2.37. The third-order valence-electron chi connectivity index (χ3n) is 5.12. The van der Waals surface area contributed by atoms with E-state index >= 15 is 0 Å². The fourth-order valence-corrected chi connectivity index (χ4v) is 3.94. The lowest BCUT2D eigenvalue weighted by Gasteiger charge is -2.37. The monoisotopic (exact) mass is 320 g/mol. The Balaban J connectivity index is 1.56. The fraction of sp³-hybridized carbons (Fsp3) is 0.381. The Morgan fingerprint density at radius 1 is 1.12 bits per heavy atom. The minimum Gasteiger partial charge on any atom is -0.440 e. The first-order valence-electron chi connectivity index (χ1n) is 8.99. The van der Waals surface area contributed by atoms with Gasteiger partial charge in [0.2, 0.25) is 0 Å². The molecule has 4 rings (SSSR count). The minimum atomic E-state index is 0.393. The largest absolute Gasteiger partial charge is 0.440 e. The Kier molecular flexibility index (Phi) is 4.35. The molecule has 1 aliphatic rings. The van der Waals surface area contributed by atoms with E-state index in [9.17, 15) is 0 Å². The van der Waals surface area contributed by atoms with Gasteiger partial charge in [0.25, 0.3) is 0 Å². The topological polar surface area (TPSA) is 29.3 Å². The molecule has 2 unspecified atom stereocenters. The number of hydrogen-bond acceptors (Lipinski definition) is 3. The third-order valence-corrected chi connectivity index (χ3v) is 5.12. The van der Waals surface area contributed by atoms with E-state index in [0.29, 0.717) is 12.0 Å². The molecule has 0 saturated carbocycles. The van der Waals surface area contributed by atoms with Crippen LogP contribution in [-0.2, 0) is 0 Å². The van der Waals surface area contributed by atoms with E-state index in [1.807, 2.05) is 24.3 Å². The quantitative estimate of drug-likeness (QED) is 0.665. The highest BCUT2D eigenvalue weighted by Gasteiger charge is 2.29. The van der Waals surface area contributed by atoms with Gasteiger partial charge in [0.05, 0.1) is 0 Å². The zero-order chi connectivity index (χ0) is 16.4. The van der Waals surface area contributed by atoms with Gasteiger partial charge in [-0.25, -0.2) is 4.98 Å². The number of aromatic nitrogens is 1. The first kappa shape index (κ1) is 15.4. The van der Waals surface area contributed by atoms with Gasteiger partial charge in [0, 0.05) is 18.5 Å². The highest BCUT2D eigenvalue weighted by molar-refractivity contribution is 5.72. The Morgan fingerprint density at radius 2 is 1.92 bits per heavy atom. The van der Waals surface area contributed by atoms with Crippen LogP contribution in [0.25, 0.3) is 11.1 Å². The summed E-state index contributed by atoms with van der Waals surface area (Å²) in [7, 11) is 0. The van der Waals surface area contributed by atoms with Crippen LogP contribution in [-0.4, -0.2) is 23.0 Å². The first-order chi connectivity index (χ1) is 11.8. The van der Waals surface area contributed by atoms with Crippen molar-refractivity contribution in [3.05, 3.63) is 66.1 Å². The van der Waals surface area contributed by atoms with Gasteiger partial charge in [-0.15, -0.1) is 0 Å². The zero-order valence-electron chi connectivity index (χ0n) is 14.2. The molecule has 1 saturated heterocycles. The van der Waals surface area contributed by atoms with E-state index < -0.39 is 0 Å². The van der Waals surface area contributed by atoms with E-state index in [0.717, 1.165) is 42.9 Å². The molecule has 0 bridgehead atoms. The molecule has 3 nitrogen and oxygen atoms in total. The number of oxazole rings is 1. The molecule has 0 aliphatic carbocycles. The molecule has 0 radical (unpaired) electrons. The minimum absolute atomic E-state index is 0.393. The maximum absolute atomic E-state index is 6.04. The predicted molar refractivity (Wildman–Crippen MR) is 97.0 cm³/mol. The molecule has 1 aromatic heterocycles. The normalized spacial score (nSPS) is 20.3. The summed E-state index contributed by atoms with van der Waals surface area (Å²) in [5.41, 5.74) is 3.29. The van der Waals surface area contributed by atoms with Crippen molar-refractivity contribution >= 4 is 11.1 Å². The number of rotatable bonds is 4. The molecule has 124 valence electrons. The number of para-hydroxylation sites is 2. The molecular weight excluding hydrogens is 296 g/mol. The number of fused-ring (bicyclic) bond motifs is 1. The van der Waals surface area contributed by atoms with Crippen molar-refractivity contribution in [2.75, 3.05) is 13.1 Å². The van der Waals surface area contributed by atoms with Gasteiger partial charge in [0.1, 0.15) is 5.52 Å². The summed E-state index contributed by atoms with van der Waals surface area (Å²) in [4.78, 5) is 7.34. The van der Waals surface area contributed by atoms with Crippen LogP contribution in [0.2, 0.25) is 0 Å². The van der Waals surface area contributed by atoms with Crippen molar-refractivity contribution in [2.45, 2.75) is 38.1 Å². The Hall–Kier alpha value is -2.13. The zero-order valence-corrected chi connectivity index (χ0v) is 14.2.